The summed E-state index contributed by atoms with van der Waals surface area (Å²) in [5.74, 6) is 0.0626. The molecule has 2 aromatic rings. The fourth-order valence-corrected chi connectivity index (χ4v) is 1.75. The third-order valence-electron chi connectivity index (χ3n) is 2.19. The zero-order valence-corrected chi connectivity index (χ0v) is 11.3. The van der Waals surface area contributed by atoms with Crippen molar-refractivity contribution >= 4 is 34.8 Å². The SMILES string of the molecule is O=C(COc1cccnc1Cl)Nc1cccc(Cl)c1. The van der Waals surface area contributed by atoms with Crippen molar-refractivity contribution in [2.75, 3.05) is 11.9 Å². The van der Waals surface area contributed by atoms with E-state index in [9.17, 15) is 4.79 Å². The van der Waals surface area contributed by atoms with Gasteiger partial charge in [-0.25, -0.2) is 4.98 Å². The molecule has 0 radical (unpaired) electrons. The van der Waals surface area contributed by atoms with Crippen molar-refractivity contribution < 1.29 is 9.53 Å². The van der Waals surface area contributed by atoms with Crippen LogP contribution in [0.4, 0.5) is 5.69 Å². The molecule has 0 unspecified atom stereocenters. The number of aromatic nitrogens is 1. The van der Waals surface area contributed by atoms with Gasteiger partial charge in [0.05, 0.1) is 0 Å². The van der Waals surface area contributed by atoms with Gasteiger partial charge in [-0.2, -0.15) is 0 Å². The molecule has 0 saturated carbocycles. The summed E-state index contributed by atoms with van der Waals surface area (Å²) >= 11 is 11.6. The Kier molecular flexibility index (Phi) is 4.60. The molecule has 0 spiro atoms. The molecule has 4 nitrogen and oxygen atoms in total. The normalized spacial score (nSPS) is 10.0. The second kappa shape index (κ2) is 6.41. The van der Waals surface area contributed by atoms with Gasteiger partial charge in [0.25, 0.3) is 5.91 Å². The molecule has 0 bridgehead atoms. The molecule has 1 aromatic heterocycles. The van der Waals surface area contributed by atoms with E-state index in [0.717, 1.165) is 0 Å². The van der Waals surface area contributed by atoms with Crippen molar-refractivity contribution in [2.24, 2.45) is 0 Å². The number of benzene rings is 1. The van der Waals surface area contributed by atoms with E-state index in [1.54, 1.807) is 42.6 Å². The molecular formula is C13H10Cl2N2O2. The summed E-state index contributed by atoms with van der Waals surface area (Å²) in [5, 5.41) is 3.43. The van der Waals surface area contributed by atoms with Crippen molar-refractivity contribution in [2.45, 2.75) is 0 Å². The number of pyridine rings is 1. The molecule has 19 heavy (non-hydrogen) atoms. The Morgan fingerprint density at radius 1 is 1.26 bits per heavy atom. The summed E-state index contributed by atoms with van der Waals surface area (Å²) in [7, 11) is 0. The highest BCUT2D eigenvalue weighted by atomic mass is 35.5. The zero-order chi connectivity index (χ0) is 13.7. The van der Waals surface area contributed by atoms with Crippen LogP contribution in [0.1, 0.15) is 0 Å². The molecule has 0 aliphatic rings. The molecule has 1 N–H and O–H groups in total. The second-order valence-electron chi connectivity index (χ2n) is 3.64. The molecule has 2 rings (SSSR count). The Hall–Kier alpha value is -1.78. The van der Waals surface area contributed by atoms with Crippen LogP contribution >= 0.6 is 23.2 Å². The third kappa shape index (κ3) is 4.12. The van der Waals surface area contributed by atoms with Gasteiger partial charge in [-0.15, -0.1) is 0 Å². The summed E-state index contributed by atoms with van der Waals surface area (Å²) < 4.78 is 5.26. The van der Waals surface area contributed by atoms with Gasteiger partial charge >= 0.3 is 0 Å². The lowest BCUT2D eigenvalue weighted by molar-refractivity contribution is -0.118. The van der Waals surface area contributed by atoms with Crippen LogP contribution in [0, 0.1) is 0 Å². The van der Waals surface area contributed by atoms with Crippen molar-refractivity contribution in [1.29, 1.82) is 0 Å². The van der Waals surface area contributed by atoms with Gasteiger partial charge in [-0.05, 0) is 30.3 Å². The number of halogens is 2. The lowest BCUT2D eigenvalue weighted by Gasteiger charge is -2.08. The molecule has 1 heterocycles. The molecule has 0 saturated heterocycles. The minimum absolute atomic E-state index is 0.155. The largest absolute Gasteiger partial charge is 0.481 e. The third-order valence-corrected chi connectivity index (χ3v) is 2.71. The minimum Gasteiger partial charge on any atom is -0.481 e. The average Bonchev–Trinajstić information content (AvgIpc) is 2.38. The zero-order valence-electron chi connectivity index (χ0n) is 9.77. The fraction of sp³-hybridized carbons (Fsp3) is 0.0769. The summed E-state index contributed by atoms with van der Waals surface area (Å²) in [6, 6.07) is 10.2. The second-order valence-corrected chi connectivity index (χ2v) is 4.43. The van der Waals surface area contributed by atoms with Crippen LogP contribution in [0.5, 0.6) is 5.75 Å². The van der Waals surface area contributed by atoms with E-state index in [1.807, 2.05) is 0 Å². The summed E-state index contributed by atoms with van der Waals surface area (Å²) in [6.45, 7) is -0.155. The number of carbonyl (C=O) groups is 1. The van der Waals surface area contributed by atoms with Crippen LogP contribution < -0.4 is 10.1 Å². The van der Waals surface area contributed by atoms with E-state index in [2.05, 4.69) is 10.3 Å². The first-order valence-corrected chi connectivity index (χ1v) is 6.19. The smallest absolute Gasteiger partial charge is 0.262 e. The first kappa shape index (κ1) is 13.6. The maximum Gasteiger partial charge on any atom is 0.262 e. The van der Waals surface area contributed by atoms with E-state index in [1.165, 1.54) is 0 Å². The van der Waals surface area contributed by atoms with Gasteiger partial charge in [0.2, 0.25) is 0 Å². The Bertz CT molecular complexity index is 590. The quantitative estimate of drug-likeness (QED) is 0.880. The predicted octanol–water partition coefficient (Wildman–Crippen LogP) is 3.41. The number of hydrogen-bond donors (Lipinski definition) is 1. The maximum atomic E-state index is 11.7. The molecule has 0 aliphatic carbocycles. The molecule has 6 heteroatoms. The number of carbonyl (C=O) groups excluding carboxylic acids is 1. The molecule has 0 fully saturated rings. The molecular weight excluding hydrogens is 287 g/mol. The van der Waals surface area contributed by atoms with E-state index < -0.39 is 0 Å². The number of rotatable bonds is 4. The number of amides is 1. The molecule has 0 atom stereocenters. The van der Waals surface area contributed by atoms with E-state index in [-0.39, 0.29) is 17.7 Å². The van der Waals surface area contributed by atoms with Crippen LogP contribution in [0.25, 0.3) is 0 Å². The minimum atomic E-state index is -0.304. The van der Waals surface area contributed by atoms with Gasteiger partial charge in [0.1, 0.15) is 0 Å². The average molecular weight is 297 g/mol. The summed E-state index contributed by atoms with van der Waals surface area (Å²) in [4.78, 5) is 15.5. The fourth-order valence-electron chi connectivity index (χ4n) is 1.39. The van der Waals surface area contributed by atoms with Gasteiger partial charge < -0.3 is 10.1 Å². The highest BCUT2D eigenvalue weighted by Crippen LogP contribution is 2.20. The Morgan fingerprint density at radius 3 is 2.84 bits per heavy atom. The lowest BCUT2D eigenvalue weighted by atomic mass is 10.3. The molecule has 1 amide bonds. The Labute approximate surface area is 120 Å². The Morgan fingerprint density at radius 2 is 2.11 bits per heavy atom. The van der Waals surface area contributed by atoms with Gasteiger partial charge in [-0.1, -0.05) is 29.3 Å². The van der Waals surface area contributed by atoms with Gasteiger partial charge in [0, 0.05) is 16.9 Å². The lowest BCUT2D eigenvalue weighted by Crippen LogP contribution is -2.20. The van der Waals surface area contributed by atoms with E-state index >= 15 is 0 Å². The van der Waals surface area contributed by atoms with Crippen molar-refractivity contribution in [3.8, 4) is 5.75 Å². The topological polar surface area (TPSA) is 51.2 Å². The van der Waals surface area contributed by atoms with Gasteiger partial charge in [0.15, 0.2) is 17.5 Å². The summed E-state index contributed by atoms with van der Waals surface area (Å²) in [6.07, 6.45) is 1.54. The molecule has 98 valence electrons. The first-order chi connectivity index (χ1) is 9.15. The van der Waals surface area contributed by atoms with Crippen LogP contribution in [0.15, 0.2) is 42.6 Å². The maximum absolute atomic E-state index is 11.7. The number of anilines is 1. The van der Waals surface area contributed by atoms with Crippen molar-refractivity contribution in [1.82, 2.24) is 4.98 Å². The predicted molar refractivity (Wildman–Crippen MR) is 74.8 cm³/mol. The van der Waals surface area contributed by atoms with Crippen LogP contribution in [-0.4, -0.2) is 17.5 Å². The highest BCUT2D eigenvalue weighted by Gasteiger charge is 2.06. The number of ether oxygens (including phenoxy) is 1. The molecule has 1 aromatic carbocycles. The monoisotopic (exact) mass is 296 g/mol. The van der Waals surface area contributed by atoms with Crippen molar-refractivity contribution in [3.63, 3.8) is 0 Å². The van der Waals surface area contributed by atoms with Crippen LogP contribution in [-0.2, 0) is 4.79 Å². The molecule has 0 aliphatic heterocycles. The summed E-state index contributed by atoms with van der Waals surface area (Å²) in [5.41, 5.74) is 0.610. The van der Waals surface area contributed by atoms with E-state index in [0.29, 0.717) is 16.5 Å². The number of hydrogen-bond acceptors (Lipinski definition) is 3. The number of nitrogens with one attached hydrogen (secondary N) is 1. The van der Waals surface area contributed by atoms with Crippen molar-refractivity contribution in [3.05, 3.63) is 52.8 Å². The van der Waals surface area contributed by atoms with Gasteiger partial charge in [-0.3, -0.25) is 4.79 Å². The van der Waals surface area contributed by atoms with Crippen LogP contribution in [0.2, 0.25) is 10.2 Å². The standard InChI is InChI=1S/C13H10Cl2N2O2/c14-9-3-1-4-10(7-9)17-12(18)8-19-11-5-2-6-16-13(11)15/h1-7H,8H2,(H,17,18). The number of nitrogens with zero attached hydrogens (tertiary/aromatic N) is 1. The van der Waals surface area contributed by atoms with Crippen LogP contribution in [0.3, 0.4) is 0 Å². The Balaban J connectivity index is 1.90. The van der Waals surface area contributed by atoms with E-state index in [4.69, 9.17) is 27.9 Å². The first-order valence-electron chi connectivity index (χ1n) is 5.44. The highest BCUT2D eigenvalue weighted by molar-refractivity contribution is 6.31.